The Morgan fingerprint density at radius 2 is 1.48 bits per heavy atom. The summed E-state index contributed by atoms with van der Waals surface area (Å²) in [7, 11) is 0. The molecule has 0 aromatic carbocycles. The summed E-state index contributed by atoms with van der Waals surface area (Å²) < 4.78 is 5.51. The van der Waals surface area contributed by atoms with E-state index in [1.165, 1.54) is 19.3 Å². The fourth-order valence-corrected chi connectivity index (χ4v) is 7.08. The normalized spacial score (nSPS) is 26.9. The first-order chi connectivity index (χ1) is 19.8. The maximum Gasteiger partial charge on any atom is 0.408 e. The molecule has 1 heterocycles. The van der Waals surface area contributed by atoms with E-state index >= 15 is 0 Å². The Kier molecular flexibility index (Phi) is 12.2. The van der Waals surface area contributed by atoms with Crippen molar-refractivity contribution in [2.24, 2.45) is 29.4 Å². The summed E-state index contributed by atoms with van der Waals surface area (Å²) in [6.07, 6.45) is 11.5. The number of ether oxygens (including phenoxy) is 1. The van der Waals surface area contributed by atoms with E-state index in [2.05, 4.69) is 24.5 Å². The zero-order chi connectivity index (χ0) is 31.0. The van der Waals surface area contributed by atoms with Gasteiger partial charge in [0.15, 0.2) is 0 Å². The van der Waals surface area contributed by atoms with Crippen LogP contribution in [0.3, 0.4) is 0 Å². The second kappa shape index (κ2) is 15.2. The molecule has 3 unspecified atom stereocenters. The van der Waals surface area contributed by atoms with Crippen molar-refractivity contribution in [1.29, 1.82) is 0 Å². The third-order valence-electron chi connectivity index (χ3n) is 9.20. The number of hydrogen-bond acceptors (Lipinski definition) is 6. The quantitative estimate of drug-likeness (QED) is 0.342. The van der Waals surface area contributed by atoms with Crippen molar-refractivity contribution in [3.05, 3.63) is 0 Å². The van der Waals surface area contributed by atoms with Gasteiger partial charge in [-0.05, 0) is 76.5 Å². The third-order valence-corrected chi connectivity index (χ3v) is 9.20. The van der Waals surface area contributed by atoms with Crippen molar-refractivity contribution in [3.8, 4) is 0 Å². The van der Waals surface area contributed by atoms with Gasteiger partial charge in [0.05, 0.1) is 6.04 Å². The number of hydrogen-bond donors (Lipinski definition) is 3. The van der Waals surface area contributed by atoms with Gasteiger partial charge in [0.1, 0.15) is 17.7 Å². The summed E-state index contributed by atoms with van der Waals surface area (Å²) in [4.78, 5) is 66.0. The predicted octanol–water partition coefficient (Wildman–Crippen LogP) is 4.23. The lowest BCUT2D eigenvalue weighted by Crippen LogP contribution is -2.58. The van der Waals surface area contributed by atoms with Gasteiger partial charge in [-0.25, -0.2) is 4.79 Å². The molecule has 0 bridgehead atoms. The molecule has 4 aliphatic rings. The van der Waals surface area contributed by atoms with Gasteiger partial charge in [-0.2, -0.15) is 0 Å². The number of carbonyl (C=O) groups is 5. The SMILES string of the molecule is CC(C)(C)OC(=O)N[C@H](C(=O)N1CCC[C@H]1C(=O)NC(CC1CCC1)C(=O)C(N)=O)C1CC2CCCCC2C1.CCC. The third kappa shape index (κ3) is 9.17. The molecule has 4 rings (SSSR count). The number of alkyl carbamates (subject to hydrolysis) is 1. The summed E-state index contributed by atoms with van der Waals surface area (Å²) in [6.45, 7) is 9.98. The molecule has 4 N–H and O–H groups in total. The first kappa shape index (κ1) is 33.8. The number of nitrogens with two attached hydrogens (primary N) is 1. The maximum absolute atomic E-state index is 14.0. The Balaban J connectivity index is 0.00000155. The Morgan fingerprint density at radius 3 is 1.98 bits per heavy atom. The van der Waals surface area contributed by atoms with Gasteiger partial charge in [0.25, 0.3) is 5.91 Å². The van der Waals surface area contributed by atoms with Gasteiger partial charge >= 0.3 is 6.09 Å². The number of amides is 4. The van der Waals surface area contributed by atoms with Crippen LogP contribution >= 0.6 is 0 Å². The first-order valence-corrected chi connectivity index (χ1v) is 16.3. The Labute approximate surface area is 251 Å². The number of ketones is 1. The van der Waals surface area contributed by atoms with Crippen LogP contribution in [0.1, 0.15) is 118 Å². The van der Waals surface area contributed by atoms with Gasteiger partial charge in [-0.1, -0.05) is 65.2 Å². The van der Waals surface area contributed by atoms with Crippen LogP contribution in [-0.2, 0) is 23.9 Å². The Hall–Kier alpha value is -2.65. The largest absolute Gasteiger partial charge is 0.444 e. The summed E-state index contributed by atoms with van der Waals surface area (Å²) in [6, 6.07) is -2.53. The second-order valence-corrected chi connectivity index (χ2v) is 13.9. The molecule has 0 aromatic rings. The maximum atomic E-state index is 14.0. The summed E-state index contributed by atoms with van der Waals surface area (Å²) >= 11 is 0. The molecule has 5 atom stereocenters. The first-order valence-electron chi connectivity index (χ1n) is 16.3. The average Bonchev–Trinajstić information content (AvgIpc) is 3.54. The topological polar surface area (TPSA) is 148 Å². The highest BCUT2D eigenvalue weighted by Gasteiger charge is 2.46. The van der Waals surface area contributed by atoms with Crippen molar-refractivity contribution in [2.75, 3.05) is 6.54 Å². The van der Waals surface area contributed by atoms with Crippen LogP contribution in [-0.4, -0.2) is 64.8 Å². The lowest BCUT2D eigenvalue weighted by Gasteiger charge is -2.33. The van der Waals surface area contributed by atoms with Crippen molar-refractivity contribution in [1.82, 2.24) is 15.5 Å². The number of primary amides is 1. The lowest BCUT2D eigenvalue weighted by molar-refractivity contribution is -0.143. The summed E-state index contributed by atoms with van der Waals surface area (Å²) in [5.41, 5.74) is 4.56. The molecule has 3 saturated carbocycles. The number of nitrogens with zero attached hydrogens (tertiary/aromatic N) is 1. The van der Waals surface area contributed by atoms with Crippen LogP contribution in [0.15, 0.2) is 0 Å². The van der Waals surface area contributed by atoms with Crippen LogP contribution in [0.4, 0.5) is 4.79 Å². The van der Waals surface area contributed by atoms with Gasteiger partial charge in [0.2, 0.25) is 17.6 Å². The van der Waals surface area contributed by atoms with Gasteiger partial charge < -0.3 is 26.0 Å². The fraction of sp³-hybridized carbons (Fsp3) is 0.844. The fourth-order valence-electron chi connectivity index (χ4n) is 7.08. The smallest absolute Gasteiger partial charge is 0.408 e. The predicted molar refractivity (Wildman–Crippen MR) is 160 cm³/mol. The molecule has 1 saturated heterocycles. The van der Waals surface area contributed by atoms with Gasteiger partial charge in [0, 0.05) is 6.54 Å². The van der Waals surface area contributed by atoms with Crippen LogP contribution in [0.2, 0.25) is 0 Å². The highest BCUT2D eigenvalue weighted by molar-refractivity contribution is 6.37. The van der Waals surface area contributed by atoms with E-state index in [-0.39, 0.29) is 17.7 Å². The minimum atomic E-state index is -1.07. The molecular formula is C32H54N4O6. The van der Waals surface area contributed by atoms with Crippen LogP contribution in [0, 0.1) is 23.7 Å². The number of fused-ring (bicyclic) bond motifs is 1. The van der Waals surface area contributed by atoms with Crippen molar-refractivity contribution in [2.45, 2.75) is 142 Å². The van der Waals surface area contributed by atoms with E-state index in [0.717, 1.165) is 44.9 Å². The van der Waals surface area contributed by atoms with E-state index in [0.29, 0.717) is 37.6 Å². The second-order valence-electron chi connectivity index (χ2n) is 13.9. The van der Waals surface area contributed by atoms with E-state index in [9.17, 15) is 24.0 Å². The number of carbonyl (C=O) groups excluding carboxylic acids is 5. The van der Waals surface area contributed by atoms with Crippen molar-refractivity contribution < 1.29 is 28.7 Å². The zero-order valence-electron chi connectivity index (χ0n) is 26.4. The Bertz CT molecular complexity index is 961. The minimum Gasteiger partial charge on any atom is -0.444 e. The van der Waals surface area contributed by atoms with Crippen LogP contribution in [0.25, 0.3) is 0 Å². The van der Waals surface area contributed by atoms with E-state index in [1.807, 2.05) is 0 Å². The molecule has 10 heteroatoms. The monoisotopic (exact) mass is 590 g/mol. The average molecular weight is 591 g/mol. The van der Waals surface area contributed by atoms with Crippen molar-refractivity contribution >= 4 is 29.6 Å². The van der Waals surface area contributed by atoms with Crippen LogP contribution < -0.4 is 16.4 Å². The molecule has 0 spiro atoms. The molecule has 238 valence electrons. The summed E-state index contributed by atoms with van der Waals surface area (Å²) in [5.74, 6) is -1.23. The number of rotatable bonds is 9. The molecule has 4 fully saturated rings. The molecule has 3 aliphatic carbocycles. The van der Waals surface area contributed by atoms with E-state index < -0.39 is 47.4 Å². The van der Waals surface area contributed by atoms with E-state index in [4.69, 9.17) is 10.5 Å². The lowest BCUT2D eigenvalue weighted by atomic mass is 9.80. The molecule has 0 radical (unpaired) electrons. The molecule has 42 heavy (non-hydrogen) atoms. The van der Waals surface area contributed by atoms with Crippen LogP contribution in [0.5, 0.6) is 0 Å². The van der Waals surface area contributed by atoms with Gasteiger partial charge in [-0.3, -0.25) is 19.2 Å². The Morgan fingerprint density at radius 1 is 0.881 bits per heavy atom. The molecule has 4 amide bonds. The molecule has 1 aliphatic heterocycles. The van der Waals surface area contributed by atoms with E-state index in [1.54, 1.807) is 25.7 Å². The molecule has 0 aromatic heterocycles. The molecular weight excluding hydrogens is 536 g/mol. The number of likely N-dealkylation sites (tertiary alicyclic amines) is 1. The summed E-state index contributed by atoms with van der Waals surface area (Å²) in [5, 5.41) is 5.63. The van der Waals surface area contributed by atoms with Crippen molar-refractivity contribution in [3.63, 3.8) is 0 Å². The minimum absolute atomic E-state index is 0.0229. The highest BCUT2D eigenvalue weighted by Crippen LogP contribution is 2.46. The number of nitrogens with one attached hydrogen (secondary N) is 2. The standard InChI is InChI=1S/C29H46N4O6.C3H8/c1-29(2,3)39-28(38)32-23(20-15-18-10-4-5-11-19(18)16-20)27(37)33-13-7-12-22(33)26(36)31-21(24(34)25(30)35)14-17-8-6-9-17;1-3-2/h17-23H,4-16H2,1-3H3,(H2,30,35)(H,31,36)(H,32,38);3H2,1-2H3/t18?,19?,20?,21?,22-,23-;/m0./s1. The highest BCUT2D eigenvalue weighted by atomic mass is 16.6. The zero-order valence-corrected chi connectivity index (χ0v) is 26.4. The number of Topliss-reactive ketones (excluding diaryl/α,β-unsaturated/α-hetero) is 1. The van der Waals surface area contributed by atoms with Gasteiger partial charge in [-0.15, -0.1) is 0 Å². The molecule has 10 nitrogen and oxygen atoms in total.